The van der Waals surface area contributed by atoms with E-state index in [1.165, 1.54) is 6.07 Å². The fraction of sp³-hybridized carbons (Fsp3) is 0.100. The Kier molecular flexibility index (Phi) is 4.48. The Hall–Kier alpha value is -3.21. The number of aromatic nitrogens is 1. The second-order valence-corrected chi connectivity index (χ2v) is 5.79. The quantitative estimate of drug-likeness (QED) is 0.495. The molecule has 0 fully saturated rings. The maximum Gasteiger partial charge on any atom is 0.126 e. The van der Waals surface area contributed by atoms with Crippen LogP contribution in [0.5, 0.6) is 0 Å². The Balaban J connectivity index is 2.16. The van der Waals surface area contributed by atoms with Gasteiger partial charge in [0.25, 0.3) is 0 Å². The Morgan fingerprint density at radius 2 is 1.88 bits per heavy atom. The third-order valence-corrected chi connectivity index (χ3v) is 4.13. The molecule has 25 heavy (non-hydrogen) atoms. The van der Waals surface area contributed by atoms with Crippen molar-refractivity contribution in [3.05, 3.63) is 71.7 Å². The molecule has 126 valence electrons. The second kappa shape index (κ2) is 6.73. The van der Waals surface area contributed by atoms with E-state index in [-0.39, 0.29) is 11.7 Å². The number of halogens is 1. The first-order chi connectivity index (χ1) is 12.0. The predicted octanol–water partition coefficient (Wildman–Crippen LogP) is 4.19. The third kappa shape index (κ3) is 3.21. The molecule has 0 aliphatic rings. The first kappa shape index (κ1) is 16.6. The van der Waals surface area contributed by atoms with Crippen LogP contribution < -0.4 is 11.1 Å². The lowest BCUT2D eigenvalue weighted by molar-refractivity contribution is 0.619. The van der Waals surface area contributed by atoms with Gasteiger partial charge in [0.05, 0.1) is 5.69 Å². The van der Waals surface area contributed by atoms with Gasteiger partial charge in [-0.05, 0) is 54.4 Å². The van der Waals surface area contributed by atoms with Gasteiger partial charge in [-0.25, -0.2) is 4.39 Å². The summed E-state index contributed by atoms with van der Waals surface area (Å²) in [6.07, 6.45) is 1.72. The van der Waals surface area contributed by atoms with Gasteiger partial charge in [0.2, 0.25) is 0 Å². The molecule has 0 saturated carbocycles. The van der Waals surface area contributed by atoms with Gasteiger partial charge in [0, 0.05) is 35.6 Å². The molecular formula is C20H19FN4. The number of nitrogens with zero attached hydrogens (tertiary/aromatic N) is 1. The molecule has 0 spiro atoms. The predicted molar refractivity (Wildman–Crippen MR) is 100 cm³/mol. The SMILES string of the molecule is CNc1cc(-c2cccnc2-c2ccc(F)c(C)c2)ccc1C(=N)N. The highest BCUT2D eigenvalue weighted by atomic mass is 19.1. The van der Waals surface area contributed by atoms with Crippen molar-refractivity contribution in [2.75, 3.05) is 12.4 Å². The lowest BCUT2D eigenvalue weighted by atomic mass is 9.96. The zero-order valence-corrected chi connectivity index (χ0v) is 14.1. The number of hydrogen-bond acceptors (Lipinski definition) is 3. The van der Waals surface area contributed by atoms with E-state index in [1.54, 1.807) is 32.3 Å². The van der Waals surface area contributed by atoms with Crippen LogP contribution in [-0.2, 0) is 0 Å². The summed E-state index contributed by atoms with van der Waals surface area (Å²) in [7, 11) is 1.79. The van der Waals surface area contributed by atoms with Crippen molar-refractivity contribution in [2.45, 2.75) is 6.92 Å². The van der Waals surface area contributed by atoms with E-state index in [4.69, 9.17) is 11.1 Å². The maximum atomic E-state index is 13.6. The first-order valence-corrected chi connectivity index (χ1v) is 7.89. The second-order valence-electron chi connectivity index (χ2n) is 5.79. The first-order valence-electron chi connectivity index (χ1n) is 7.89. The number of amidine groups is 1. The number of aryl methyl sites for hydroxylation is 1. The molecule has 5 heteroatoms. The number of nitrogen functional groups attached to an aromatic ring is 1. The summed E-state index contributed by atoms with van der Waals surface area (Å²) in [6.45, 7) is 1.74. The average molecular weight is 334 g/mol. The van der Waals surface area contributed by atoms with Gasteiger partial charge in [-0.2, -0.15) is 0 Å². The number of anilines is 1. The molecule has 0 atom stereocenters. The smallest absolute Gasteiger partial charge is 0.126 e. The number of benzene rings is 2. The molecule has 1 heterocycles. The van der Waals surface area contributed by atoms with Crippen LogP contribution in [0.4, 0.5) is 10.1 Å². The topological polar surface area (TPSA) is 74.8 Å². The number of pyridine rings is 1. The molecule has 0 bridgehead atoms. The van der Waals surface area contributed by atoms with Gasteiger partial charge in [0.1, 0.15) is 11.7 Å². The normalized spacial score (nSPS) is 10.5. The summed E-state index contributed by atoms with van der Waals surface area (Å²) in [5, 5.41) is 10.7. The van der Waals surface area contributed by atoms with E-state index in [0.29, 0.717) is 11.1 Å². The zero-order valence-electron chi connectivity index (χ0n) is 14.1. The Morgan fingerprint density at radius 1 is 1.12 bits per heavy atom. The lowest BCUT2D eigenvalue weighted by Crippen LogP contribution is -2.13. The van der Waals surface area contributed by atoms with E-state index in [2.05, 4.69) is 10.3 Å². The van der Waals surface area contributed by atoms with Gasteiger partial charge in [0.15, 0.2) is 0 Å². The number of rotatable bonds is 4. The molecule has 3 rings (SSSR count). The third-order valence-electron chi connectivity index (χ3n) is 4.13. The van der Waals surface area contributed by atoms with Crippen LogP contribution in [-0.4, -0.2) is 17.9 Å². The summed E-state index contributed by atoms with van der Waals surface area (Å²) < 4.78 is 13.6. The van der Waals surface area contributed by atoms with Gasteiger partial charge < -0.3 is 11.1 Å². The van der Waals surface area contributed by atoms with Crippen molar-refractivity contribution >= 4 is 11.5 Å². The highest BCUT2D eigenvalue weighted by molar-refractivity contribution is 6.01. The minimum atomic E-state index is -0.232. The van der Waals surface area contributed by atoms with Crippen molar-refractivity contribution in [3.8, 4) is 22.4 Å². The van der Waals surface area contributed by atoms with Crippen LogP contribution in [0.2, 0.25) is 0 Å². The van der Waals surface area contributed by atoms with E-state index < -0.39 is 0 Å². The Morgan fingerprint density at radius 3 is 2.56 bits per heavy atom. The van der Waals surface area contributed by atoms with Gasteiger partial charge in [-0.3, -0.25) is 10.4 Å². The molecule has 0 aliphatic carbocycles. The molecule has 0 saturated heterocycles. The number of nitrogens with one attached hydrogen (secondary N) is 2. The Bertz CT molecular complexity index is 950. The molecule has 4 nitrogen and oxygen atoms in total. The van der Waals surface area contributed by atoms with Crippen molar-refractivity contribution in [3.63, 3.8) is 0 Å². The molecule has 4 N–H and O–H groups in total. The van der Waals surface area contributed by atoms with Crippen LogP contribution in [0.15, 0.2) is 54.7 Å². The standard InChI is InChI=1S/C20H19FN4/c1-12-10-14(6-8-17(12)21)19-15(4-3-9-25-19)13-5-7-16(20(22)23)18(11-13)24-2/h3-11,24H,1-2H3,(H3,22,23). The van der Waals surface area contributed by atoms with E-state index in [1.807, 2.05) is 30.3 Å². The largest absolute Gasteiger partial charge is 0.388 e. The molecular weight excluding hydrogens is 315 g/mol. The fourth-order valence-corrected chi connectivity index (χ4v) is 2.81. The lowest BCUT2D eigenvalue weighted by Gasteiger charge is -2.13. The summed E-state index contributed by atoms with van der Waals surface area (Å²) in [4.78, 5) is 4.50. The monoisotopic (exact) mass is 334 g/mol. The van der Waals surface area contributed by atoms with E-state index >= 15 is 0 Å². The van der Waals surface area contributed by atoms with Gasteiger partial charge in [-0.1, -0.05) is 12.1 Å². The van der Waals surface area contributed by atoms with Crippen LogP contribution in [0.3, 0.4) is 0 Å². The zero-order chi connectivity index (χ0) is 18.0. The highest BCUT2D eigenvalue weighted by Crippen LogP contribution is 2.33. The Labute approximate surface area is 146 Å². The number of hydrogen-bond donors (Lipinski definition) is 3. The summed E-state index contributed by atoms with van der Waals surface area (Å²) >= 11 is 0. The van der Waals surface area contributed by atoms with Crippen molar-refractivity contribution in [1.82, 2.24) is 4.98 Å². The van der Waals surface area contributed by atoms with Crippen molar-refractivity contribution < 1.29 is 4.39 Å². The van der Waals surface area contributed by atoms with E-state index in [0.717, 1.165) is 28.1 Å². The summed E-state index contributed by atoms with van der Waals surface area (Å²) in [5.74, 6) is -0.221. The minimum absolute atomic E-state index is 0.0106. The van der Waals surface area contributed by atoms with E-state index in [9.17, 15) is 4.39 Å². The van der Waals surface area contributed by atoms with Crippen LogP contribution in [0, 0.1) is 18.2 Å². The molecule has 3 aromatic rings. The van der Waals surface area contributed by atoms with Crippen LogP contribution >= 0.6 is 0 Å². The minimum Gasteiger partial charge on any atom is -0.388 e. The highest BCUT2D eigenvalue weighted by Gasteiger charge is 2.12. The molecule has 1 aromatic heterocycles. The average Bonchev–Trinajstić information content (AvgIpc) is 2.63. The van der Waals surface area contributed by atoms with Crippen molar-refractivity contribution in [1.29, 1.82) is 5.41 Å². The fourth-order valence-electron chi connectivity index (χ4n) is 2.81. The maximum absolute atomic E-state index is 13.6. The molecule has 0 radical (unpaired) electrons. The van der Waals surface area contributed by atoms with Crippen LogP contribution in [0.1, 0.15) is 11.1 Å². The molecule has 2 aromatic carbocycles. The van der Waals surface area contributed by atoms with Crippen molar-refractivity contribution in [2.24, 2.45) is 5.73 Å². The molecule has 0 unspecified atom stereocenters. The van der Waals surface area contributed by atoms with Crippen LogP contribution in [0.25, 0.3) is 22.4 Å². The summed E-state index contributed by atoms with van der Waals surface area (Å²) in [6, 6.07) is 14.5. The summed E-state index contributed by atoms with van der Waals surface area (Å²) in [5.41, 5.74) is 11.1. The van der Waals surface area contributed by atoms with Gasteiger partial charge >= 0.3 is 0 Å². The molecule has 0 aliphatic heterocycles. The van der Waals surface area contributed by atoms with Gasteiger partial charge in [-0.15, -0.1) is 0 Å². The number of nitrogens with two attached hydrogens (primary N) is 1. The molecule has 0 amide bonds.